The van der Waals surface area contributed by atoms with E-state index in [0.717, 1.165) is 18.9 Å². The molecule has 1 aliphatic rings. The number of hydrogen-bond acceptors (Lipinski definition) is 5. The number of pyridine rings is 1. The molecule has 2 aromatic heterocycles. The van der Waals surface area contributed by atoms with E-state index in [2.05, 4.69) is 20.4 Å². The topological polar surface area (TPSA) is 80.9 Å². The highest BCUT2D eigenvalue weighted by Crippen LogP contribution is 2.37. The van der Waals surface area contributed by atoms with Crippen molar-refractivity contribution in [2.75, 3.05) is 0 Å². The van der Waals surface area contributed by atoms with Gasteiger partial charge in [-0.25, -0.2) is 9.37 Å². The molecular formula is C21H18F4N4O2. The second kappa shape index (κ2) is 8.09. The Bertz CT molecular complexity index is 1110. The standard InChI is InChI=1S/C21H18F4N4O2/c1-11-26-19(29-31-11)18(9-12-5-6-12)28-20(30)17-4-2-3-16(27-17)13-7-8-15(22)14(10-13)21(23,24)25/h2-4,7-8,10,12,18H,5-6,9H2,1H3,(H,28,30)/t18-/m0/s1. The number of halogens is 4. The van der Waals surface area contributed by atoms with Gasteiger partial charge in [-0.3, -0.25) is 4.79 Å². The zero-order valence-corrected chi connectivity index (χ0v) is 16.4. The first-order valence-corrected chi connectivity index (χ1v) is 9.66. The van der Waals surface area contributed by atoms with E-state index < -0.39 is 29.5 Å². The van der Waals surface area contributed by atoms with Crippen molar-refractivity contribution in [2.24, 2.45) is 5.92 Å². The van der Waals surface area contributed by atoms with Crippen LogP contribution >= 0.6 is 0 Å². The maximum Gasteiger partial charge on any atom is 0.419 e. The van der Waals surface area contributed by atoms with Crippen molar-refractivity contribution in [1.29, 1.82) is 0 Å². The number of amides is 1. The number of nitrogens with zero attached hydrogens (tertiary/aromatic N) is 3. The smallest absolute Gasteiger partial charge is 0.341 e. The molecule has 1 aromatic carbocycles. The van der Waals surface area contributed by atoms with E-state index in [-0.39, 0.29) is 17.0 Å². The average Bonchev–Trinajstić information content (AvgIpc) is 3.44. The Hall–Kier alpha value is -3.30. The van der Waals surface area contributed by atoms with Crippen molar-refractivity contribution in [3.63, 3.8) is 0 Å². The molecule has 6 nitrogen and oxygen atoms in total. The number of rotatable bonds is 6. The molecule has 0 saturated heterocycles. The predicted molar refractivity (Wildman–Crippen MR) is 101 cm³/mol. The fourth-order valence-corrected chi connectivity index (χ4v) is 3.23. The summed E-state index contributed by atoms with van der Waals surface area (Å²) in [6.45, 7) is 1.65. The van der Waals surface area contributed by atoms with Gasteiger partial charge in [0.2, 0.25) is 5.89 Å². The molecule has 1 N–H and O–H groups in total. The van der Waals surface area contributed by atoms with Crippen LogP contribution in [0, 0.1) is 18.7 Å². The molecule has 10 heteroatoms. The zero-order chi connectivity index (χ0) is 22.2. The second-order valence-electron chi connectivity index (χ2n) is 7.48. The van der Waals surface area contributed by atoms with Crippen LogP contribution in [0.4, 0.5) is 17.6 Å². The summed E-state index contributed by atoms with van der Waals surface area (Å²) in [7, 11) is 0. The molecule has 0 spiro atoms. The summed E-state index contributed by atoms with van der Waals surface area (Å²) in [4.78, 5) is 21.2. The van der Waals surface area contributed by atoms with Crippen molar-refractivity contribution >= 4 is 5.91 Å². The van der Waals surface area contributed by atoms with E-state index in [1.807, 2.05) is 0 Å². The lowest BCUT2D eigenvalue weighted by Crippen LogP contribution is -2.30. The molecule has 1 amide bonds. The number of aromatic nitrogens is 3. The molecule has 1 fully saturated rings. The molecule has 3 aromatic rings. The maximum atomic E-state index is 13.6. The monoisotopic (exact) mass is 434 g/mol. The highest BCUT2D eigenvalue weighted by Gasteiger charge is 2.34. The van der Waals surface area contributed by atoms with Crippen LogP contribution in [0.15, 0.2) is 40.9 Å². The minimum atomic E-state index is -4.84. The minimum absolute atomic E-state index is 0.0106. The summed E-state index contributed by atoms with van der Waals surface area (Å²) in [5, 5.41) is 6.72. The summed E-state index contributed by atoms with van der Waals surface area (Å²) in [6.07, 6.45) is -2.07. The molecule has 0 aliphatic heterocycles. The zero-order valence-electron chi connectivity index (χ0n) is 16.4. The van der Waals surface area contributed by atoms with Gasteiger partial charge in [-0.05, 0) is 42.7 Å². The lowest BCUT2D eigenvalue weighted by Gasteiger charge is -2.15. The SMILES string of the molecule is Cc1nc([C@H](CC2CC2)NC(=O)c2cccc(-c3ccc(F)c(C(F)(F)F)c3)n2)no1. The van der Waals surface area contributed by atoms with Crippen LogP contribution in [0.2, 0.25) is 0 Å². The van der Waals surface area contributed by atoms with Gasteiger partial charge >= 0.3 is 6.18 Å². The third-order valence-corrected chi connectivity index (χ3v) is 4.98. The predicted octanol–water partition coefficient (Wildman–Crippen LogP) is 4.87. The fourth-order valence-electron chi connectivity index (χ4n) is 3.23. The van der Waals surface area contributed by atoms with Crippen LogP contribution in [-0.2, 0) is 6.18 Å². The number of benzene rings is 1. The largest absolute Gasteiger partial charge is 0.419 e. The number of hydrogen-bond donors (Lipinski definition) is 1. The van der Waals surface area contributed by atoms with Gasteiger partial charge in [-0.15, -0.1) is 0 Å². The third-order valence-electron chi connectivity index (χ3n) is 4.98. The van der Waals surface area contributed by atoms with E-state index in [4.69, 9.17) is 4.52 Å². The van der Waals surface area contributed by atoms with Crippen molar-refractivity contribution in [1.82, 2.24) is 20.4 Å². The molecule has 4 rings (SSSR count). The number of nitrogens with one attached hydrogen (secondary N) is 1. The van der Waals surface area contributed by atoms with Gasteiger partial charge in [0.25, 0.3) is 5.91 Å². The average molecular weight is 434 g/mol. The van der Waals surface area contributed by atoms with E-state index in [1.165, 1.54) is 24.3 Å². The Morgan fingerprint density at radius 3 is 2.65 bits per heavy atom. The Labute approximate surface area is 174 Å². The number of alkyl halides is 3. The quantitative estimate of drug-likeness (QED) is 0.560. The number of carbonyl (C=O) groups excluding carboxylic acids is 1. The highest BCUT2D eigenvalue weighted by atomic mass is 19.4. The Kier molecular flexibility index (Phi) is 5.47. The summed E-state index contributed by atoms with van der Waals surface area (Å²) in [5.41, 5.74) is -1.21. The Morgan fingerprint density at radius 2 is 2.00 bits per heavy atom. The normalized spacial score (nSPS) is 15.0. The fraction of sp³-hybridized carbons (Fsp3) is 0.333. The lowest BCUT2D eigenvalue weighted by molar-refractivity contribution is -0.139. The van der Waals surface area contributed by atoms with E-state index >= 15 is 0 Å². The Balaban J connectivity index is 1.58. The van der Waals surface area contributed by atoms with Crippen LogP contribution in [0.25, 0.3) is 11.3 Å². The summed E-state index contributed by atoms with van der Waals surface area (Å²) in [6, 6.07) is 6.53. The van der Waals surface area contributed by atoms with Gasteiger partial charge < -0.3 is 9.84 Å². The molecule has 1 atom stereocenters. The van der Waals surface area contributed by atoms with Gasteiger partial charge in [0.1, 0.15) is 11.5 Å². The summed E-state index contributed by atoms with van der Waals surface area (Å²) < 4.78 is 57.7. The molecular weight excluding hydrogens is 416 g/mol. The molecule has 31 heavy (non-hydrogen) atoms. The molecule has 0 radical (unpaired) electrons. The molecule has 1 aliphatic carbocycles. The van der Waals surface area contributed by atoms with E-state index in [1.54, 1.807) is 6.92 Å². The maximum absolute atomic E-state index is 13.6. The van der Waals surface area contributed by atoms with Gasteiger partial charge in [-0.2, -0.15) is 18.2 Å². The Morgan fingerprint density at radius 1 is 1.23 bits per heavy atom. The lowest BCUT2D eigenvalue weighted by atomic mass is 10.1. The molecule has 2 heterocycles. The number of carbonyl (C=O) groups is 1. The third kappa shape index (κ3) is 4.89. The molecule has 0 unspecified atom stereocenters. The van der Waals surface area contributed by atoms with Crippen molar-refractivity contribution in [2.45, 2.75) is 38.4 Å². The first-order chi connectivity index (χ1) is 14.7. The van der Waals surface area contributed by atoms with Gasteiger partial charge in [0.15, 0.2) is 5.82 Å². The molecule has 0 bridgehead atoms. The van der Waals surface area contributed by atoms with Crippen molar-refractivity contribution < 1.29 is 26.9 Å². The second-order valence-corrected chi connectivity index (χ2v) is 7.48. The van der Waals surface area contributed by atoms with Crippen LogP contribution in [0.5, 0.6) is 0 Å². The summed E-state index contributed by atoms with van der Waals surface area (Å²) in [5.74, 6) is -0.691. The van der Waals surface area contributed by atoms with Crippen LogP contribution in [0.3, 0.4) is 0 Å². The van der Waals surface area contributed by atoms with Crippen LogP contribution in [0.1, 0.15) is 53.1 Å². The molecule has 162 valence electrons. The molecule has 1 saturated carbocycles. The van der Waals surface area contributed by atoms with Crippen molar-refractivity contribution in [3.05, 3.63) is 65.2 Å². The van der Waals surface area contributed by atoms with Gasteiger partial charge in [-0.1, -0.05) is 24.1 Å². The first kappa shape index (κ1) is 21.0. The van der Waals surface area contributed by atoms with E-state index in [9.17, 15) is 22.4 Å². The van der Waals surface area contributed by atoms with Crippen LogP contribution in [-0.4, -0.2) is 21.0 Å². The van der Waals surface area contributed by atoms with E-state index in [0.29, 0.717) is 30.1 Å². The van der Waals surface area contributed by atoms with Crippen molar-refractivity contribution in [3.8, 4) is 11.3 Å². The highest BCUT2D eigenvalue weighted by molar-refractivity contribution is 5.93. The van der Waals surface area contributed by atoms with Gasteiger partial charge in [0.05, 0.1) is 17.3 Å². The van der Waals surface area contributed by atoms with Crippen LogP contribution < -0.4 is 5.32 Å². The minimum Gasteiger partial charge on any atom is -0.341 e. The summed E-state index contributed by atoms with van der Waals surface area (Å²) >= 11 is 0. The van der Waals surface area contributed by atoms with Gasteiger partial charge in [0, 0.05) is 12.5 Å². The number of aryl methyl sites for hydroxylation is 1. The first-order valence-electron chi connectivity index (χ1n) is 9.66.